The van der Waals surface area contributed by atoms with Crippen LogP contribution in [-0.4, -0.2) is 14.1 Å². The first-order valence-corrected chi connectivity index (χ1v) is 6.82. The van der Waals surface area contributed by atoms with Gasteiger partial charge < -0.3 is 9.32 Å². The number of fused-ring (bicyclic) bond motifs is 1. The molecule has 0 N–H and O–H groups in total. The van der Waals surface area contributed by atoms with E-state index in [1.807, 2.05) is 60.8 Å². The van der Waals surface area contributed by atoms with Crippen LogP contribution in [0.1, 0.15) is 0 Å². The Hall–Kier alpha value is -2.07. The van der Waals surface area contributed by atoms with Gasteiger partial charge in [0.1, 0.15) is 5.58 Å². The van der Waals surface area contributed by atoms with Gasteiger partial charge in [-0.2, -0.15) is 0 Å². The Balaban J connectivity index is 2.22. The second kappa shape index (κ2) is 4.55. The van der Waals surface area contributed by atoms with E-state index in [0.717, 1.165) is 16.0 Å². The molecule has 0 aliphatic heterocycles. The van der Waals surface area contributed by atoms with E-state index in [-0.39, 0.29) is 5.63 Å². The highest BCUT2D eigenvalue weighted by molar-refractivity contribution is 7.13. The summed E-state index contributed by atoms with van der Waals surface area (Å²) in [4.78, 5) is 15.0. The van der Waals surface area contributed by atoms with Crippen molar-refractivity contribution < 1.29 is 4.42 Å². The number of anilines is 1. The minimum atomic E-state index is -0.286. The van der Waals surface area contributed by atoms with Gasteiger partial charge in [0.05, 0.1) is 5.56 Å². The van der Waals surface area contributed by atoms with Crippen LogP contribution < -0.4 is 10.5 Å². The number of rotatable bonds is 2. The maximum absolute atomic E-state index is 12.0. The van der Waals surface area contributed by atoms with Crippen LogP contribution in [0.25, 0.3) is 21.4 Å². The van der Waals surface area contributed by atoms with Crippen molar-refractivity contribution in [3.8, 4) is 10.4 Å². The molecule has 2 heterocycles. The van der Waals surface area contributed by atoms with E-state index < -0.39 is 0 Å². The normalized spacial score (nSPS) is 10.8. The van der Waals surface area contributed by atoms with Crippen LogP contribution in [0, 0.1) is 0 Å². The number of benzene rings is 1. The summed E-state index contributed by atoms with van der Waals surface area (Å²) in [6.45, 7) is 0. The van der Waals surface area contributed by atoms with Gasteiger partial charge >= 0.3 is 5.63 Å². The third kappa shape index (κ3) is 2.15. The van der Waals surface area contributed by atoms with E-state index in [1.165, 1.54) is 11.3 Å². The predicted octanol–water partition coefficient (Wildman–Crippen LogP) is 3.59. The van der Waals surface area contributed by atoms with Gasteiger partial charge in [0.2, 0.25) is 0 Å². The third-order valence-electron chi connectivity index (χ3n) is 3.02. The summed E-state index contributed by atoms with van der Waals surface area (Å²) in [5, 5.41) is 2.89. The summed E-state index contributed by atoms with van der Waals surface area (Å²) in [6.07, 6.45) is 0. The molecule has 0 fully saturated rings. The fourth-order valence-electron chi connectivity index (χ4n) is 1.98. The number of thiophene rings is 1. The average molecular weight is 271 g/mol. The molecule has 3 nitrogen and oxygen atoms in total. The van der Waals surface area contributed by atoms with Crippen molar-refractivity contribution in [2.24, 2.45) is 0 Å². The van der Waals surface area contributed by atoms with Crippen molar-refractivity contribution in [2.75, 3.05) is 19.0 Å². The lowest BCUT2D eigenvalue weighted by atomic mass is 10.1. The molecule has 1 aromatic carbocycles. The highest BCUT2D eigenvalue weighted by Crippen LogP contribution is 2.26. The Labute approximate surface area is 114 Å². The van der Waals surface area contributed by atoms with Crippen molar-refractivity contribution in [3.05, 3.63) is 52.2 Å². The zero-order valence-electron chi connectivity index (χ0n) is 10.7. The topological polar surface area (TPSA) is 33.5 Å². The van der Waals surface area contributed by atoms with Gasteiger partial charge in [-0.05, 0) is 29.6 Å². The predicted molar refractivity (Wildman–Crippen MR) is 80.1 cm³/mol. The summed E-state index contributed by atoms with van der Waals surface area (Å²) in [5.74, 6) is 0. The lowest BCUT2D eigenvalue weighted by Crippen LogP contribution is -2.08. The fourth-order valence-corrected chi connectivity index (χ4v) is 2.71. The Morgan fingerprint density at radius 3 is 2.68 bits per heavy atom. The summed E-state index contributed by atoms with van der Waals surface area (Å²) in [7, 11) is 3.92. The molecule has 96 valence electrons. The smallest absolute Gasteiger partial charge is 0.345 e. The Bertz CT molecular complexity index is 772. The van der Waals surface area contributed by atoms with Crippen LogP contribution in [-0.2, 0) is 0 Å². The van der Waals surface area contributed by atoms with Crippen molar-refractivity contribution >= 4 is 28.0 Å². The van der Waals surface area contributed by atoms with Gasteiger partial charge in [-0.1, -0.05) is 6.07 Å². The van der Waals surface area contributed by atoms with Gasteiger partial charge in [0, 0.05) is 36.1 Å². The lowest BCUT2D eigenvalue weighted by molar-refractivity contribution is 0.563. The Morgan fingerprint density at radius 1 is 1.16 bits per heavy atom. The van der Waals surface area contributed by atoms with E-state index in [2.05, 4.69) is 0 Å². The molecule has 0 saturated carbocycles. The second-order valence-electron chi connectivity index (χ2n) is 4.54. The van der Waals surface area contributed by atoms with Crippen molar-refractivity contribution in [2.45, 2.75) is 0 Å². The van der Waals surface area contributed by atoms with Crippen LogP contribution in [0.4, 0.5) is 5.69 Å². The zero-order valence-corrected chi connectivity index (χ0v) is 11.5. The minimum absolute atomic E-state index is 0.286. The summed E-state index contributed by atoms with van der Waals surface area (Å²) in [6, 6.07) is 11.6. The quantitative estimate of drug-likeness (QED) is 0.668. The van der Waals surface area contributed by atoms with E-state index in [9.17, 15) is 4.79 Å². The standard InChI is InChI=1S/C15H13NO2S/c1-16(2)11-6-5-10-8-12(14-4-3-7-19-14)15(17)18-13(10)9-11/h3-9H,1-2H3. The van der Waals surface area contributed by atoms with Gasteiger partial charge in [-0.25, -0.2) is 4.79 Å². The molecule has 0 aliphatic rings. The summed E-state index contributed by atoms with van der Waals surface area (Å²) >= 11 is 1.54. The molecule has 3 rings (SSSR count). The minimum Gasteiger partial charge on any atom is -0.422 e. The molecule has 0 bridgehead atoms. The highest BCUT2D eigenvalue weighted by Gasteiger charge is 2.09. The van der Waals surface area contributed by atoms with E-state index in [1.54, 1.807) is 0 Å². The molecule has 0 amide bonds. The van der Waals surface area contributed by atoms with Crippen LogP contribution in [0.15, 0.2) is 51.0 Å². The molecule has 2 aromatic heterocycles. The van der Waals surface area contributed by atoms with Gasteiger partial charge in [-0.3, -0.25) is 0 Å². The molecule has 0 saturated heterocycles. The molecular formula is C15H13NO2S. The number of hydrogen-bond donors (Lipinski definition) is 0. The molecule has 0 radical (unpaired) electrons. The van der Waals surface area contributed by atoms with Crippen LogP contribution in [0.5, 0.6) is 0 Å². The number of nitrogens with zero attached hydrogens (tertiary/aromatic N) is 1. The molecule has 0 spiro atoms. The van der Waals surface area contributed by atoms with Crippen molar-refractivity contribution in [1.82, 2.24) is 0 Å². The van der Waals surface area contributed by atoms with Crippen LogP contribution >= 0.6 is 11.3 Å². The Morgan fingerprint density at radius 2 is 2.00 bits per heavy atom. The van der Waals surface area contributed by atoms with Gasteiger partial charge in [0.25, 0.3) is 0 Å². The van der Waals surface area contributed by atoms with Crippen LogP contribution in [0.3, 0.4) is 0 Å². The maximum Gasteiger partial charge on any atom is 0.345 e. The van der Waals surface area contributed by atoms with E-state index in [0.29, 0.717) is 11.1 Å². The lowest BCUT2D eigenvalue weighted by Gasteiger charge is -2.12. The first-order chi connectivity index (χ1) is 9.15. The number of hydrogen-bond acceptors (Lipinski definition) is 4. The van der Waals surface area contributed by atoms with E-state index in [4.69, 9.17) is 4.42 Å². The van der Waals surface area contributed by atoms with Gasteiger partial charge in [0.15, 0.2) is 0 Å². The maximum atomic E-state index is 12.0. The highest BCUT2D eigenvalue weighted by atomic mass is 32.1. The molecule has 0 atom stereocenters. The summed E-state index contributed by atoms with van der Waals surface area (Å²) < 4.78 is 5.43. The molecule has 0 unspecified atom stereocenters. The van der Waals surface area contributed by atoms with Crippen molar-refractivity contribution in [1.29, 1.82) is 0 Å². The SMILES string of the molecule is CN(C)c1ccc2cc(-c3cccs3)c(=O)oc2c1. The molecular weight excluding hydrogens is 258 g/mol. The molecule has 3 aromatic rings. The molecule has 4 heteroatoms. The first kappa shape index (κ1) is 12.0. The summed E-state index contributed by atoms with van der Waals surface area (Å²) in [5.41, 5.74) is 1.97. The molecule has 0 aliphatic carbocycles. The van der Waals surface area contributed by atoms with Gasteiger partial charge in [-0.15, -0.1) is 11.3 Å². The fraction of sp³-hybridized carbons (Fsp3) is 0.133. The average Bonchev–Trinajstić information content (AvgIpc) is 2.90. The van der Waals surface area contributed by atoms with Crippen LogP contribution in [0.2, 0.25) is 0 Å². The first-order valence-electron chi connectivity index (χ1n) is 5.94. The monoisotopic (exact) mass is 271 g/mol. The van der Waals surface area contributed by atoms with Crippen molar-refractivity contribution in [3.63, 3.8) is 0 Å². The zero-order chi connectivity index (χ0) is 13.4. The Kier molecular flexibility index (Phi) is 2.87. The third-order valence-corrected chi connectivity index (χ3v) is 3.93. The second-order valence-corrected chi connectivity index (χ2v) is 5.49. The largest absolute Gasteiger partial charge is 0.422 e. The van der Waals surface area contributed by atoms with E-state index >= 15 is 0 Å². The molecule has 19 heavy (non-hydrogen) atoms.